The summed E-state index contributed by atoms with van der Waals surface area (Å²) in [5, 5.41) is 10.5. The van der Waals surface area contributed by atoms with Crippen LogP contribution in [-0.2, 0) is 17.8 Å². The van der Waals surface area contributed by atoms with Crippen LogP contribution in [0.2, 0.25) is 0 Å². The summed E-state index contributed by atoms with van der Waals surface area (Å²) in [6.07, 6.45) is 2.28. The van der Waals surface area contributed by atoms with Crippen molar-refractivity contribution in [1.29, 1.82) is 0 Å². The van der Waals surface area contributed by atoms with Gasteiger partial charge in [-0.3, -0.25) is 15.0 Å². The van der Waals surface area contributed by atoms with Crippen molar-refractivity contribution in [3.05, 3.63) is 53.3 Å². The van der Waals surface area contributed by atoms with E-state index < -0.39 is 11.9 Å². The molecule has 2 heterocycles. The fourth-order valence-electron chi connectivity index (χ4n) is 2.76. The lowest BCUT2D eigenvalue weighted by atomic mass is 9.97. The third-order valence-electron chi connectivity index (χ3n) is 4.09. The zero-order valence-corrected chi connectivity index (χ0v) is 13.2. The Balaban J connectivity index is 1.81. The van der Waals surface area contributed by atoms with Gasteiger partial charge in [0, 0.05) is 19.3 Å². The lowest BCUT2D eigenvalue weighted by Gasteiger charge is -2.28. The summed E-state index contributed by atoms with van der Waals surface area (Å²) in [6.45, 7) is 2.66. The number of nitrogens with zero attached hydrogens (tertiary/aromatic N) is 3. The van der Waals surface area contributed by atoms with Gasteiger partial charge in [0.25, 0.3) is 5.91 Å². The Labute approximate surface area is 135 Å². The van der Waals surface area contributed by atoms with Crippen molar-refractivity contribution in [3.63, 3.8) is 0 Å². The summed E-state index contributed by atoms with van der Waals surface area (Å²) in [7, 11) is 2.00. The second-order valence-corrected chi connectivity index (χ2v) is 5.94. The molecule has 3 rings (SSSR count). The second kappa shape index (κ2) is 5.98. The standard InChI is InChI=1S/C17H20N4O2/c1-11-3-5-14(9-19-11)20(2)10-12-4-6-16-13(7-12)8-15(18)17(22)21(16)23/h3-7,9,15,23H,8,10,18H2,1-2H3/t15-/m0/s1. The Morgan fingerprint density at radius 1 is 1.39 bits per heavy atom. The van der Waals surface area contributed by atoms with E-state index >= 15 is 0 Å². The topological polar surface area (TPSA) is 82.7 Å². The smallest absolute Gasteiger partial charge is 0.267 e. The number of fused-ring (bicyclic) bond motifs is 1. The summed E-state index contributed by atoms with van der Waals surface area (Å²) in [6, 6.07) is 8.97. The fraction of sp³-hybridized carbons (Fsp3) is 0.294. The highest BCUT2D eigenvalue weighted by atomic mass is 16.5. The van der Waals surface area contributed by atoms with Crippen molar-refractivity contribution in [2.75, 3.05) is 17.0 Å². The van der Waals surface area contributed by atoms with Gasteiger partial charge in [-0.15, -0.1) is 0 Å². The van der Waals surface area contributed by atoms with Gasteiger partial charge in [0.2, 0.25) is 0 Å². The normalized spacial score (nSPS) is 17.1. The van der Waals surface area contributed by atoms with Crippen LogP contribution in [0.5, 0.6) is 0 Å². The average Bonchev–Trinajstić information content (AvgIpc) is 2.53. The molecule has 0 spiro atoms. The maximum absolute atomic E-state index is 11.7. The van der Waals surface area contributed by atoms with Crippen LogP contribution in [0.3, 0.4) is 0 Å². The first kappa shape index (κ1) is 15.5. The largest absolute Gasteiger partial charge is 0.369 e. The van der Waals surface area contributed by atoms with Crippen molar-refractivity contribution in [1.82, 2.24) is 4.98 Å². The number of hydroxylamine groups is 1. The van der Waals surface area contributed by atoms with Crippen molar-refractivity contribution in [2.45, 2.75) is 25.9 Å². The van der Waals surface area contributed by atoms with Gasteiger partial charge in [0.05, 0.1) is 23.6 Å². The fourth-order valence-corrected chi connectivity index (χ4v) is 2.76. The molecule has 1 aliphatic rings. The molecular formula is C17H20N4O2. The van der Waals surface area contributed by atoms with Crippen LogP contribution in [0, 0.1) is 6.92 Å². The molecular weight excluding hydrogens is 292 g/mol. The number of amides is 1. The molecule has 0 unspecified atom stereocenters. The van der Waals surface area contributed by atoms with Gasteiger partial charge in [0.15, 0.2) is 0 Å². The third kappa shape index (κ3) is 3.04. The summed E-state index contributed by atoms with van der Waals surface area (Å²) in [5.41, 5.74) is 10.3. The minimum absolute atomic E-state index is 0.439. The number of aromatic nitrogens is 1. The minimum atomic E-state index is -0.693. The number of carbonyl (C=O) groups is 1. The van der Waals surface area contributed by atoms with E-state index in [1.807, 2.05) is 44.4 Å². The Kier molecular flexibility index (Phi) is 4.02. The number of benzene rings is 1. The number of pyridine rings is 1. The third-order valence-corrected chi connectivity index (χ3v) is 4.09. The molecule has 0 radical (unpaired) electrons. The number of anilines is 2. The molecule has 0 bridgehead atoms. The SMILES string of the molecule is Cc1ccc(N(C)Cc2ccc3c(c2)C[C@H](N)C(=O)N3O)cn1. The zero-order valence-electron chi connectivity index (χ0n) is 13.2. The summed E-state index contributed by atoms with van der Waals surface area (Å²) < 4.78 is 0. The van der Waals surface area contributed by atoms with E-state index in [9.17, 15) is 10.0 Å². The highest BCUT2D eigenvalue weighted by molar-refractivity contribution is 5.98. The van der Waals surface area contributed by atoms with Gasteiger partial charge in [-0.2, -0.15) is 5.06 Å². The molecule has 6 nitrogen and oxygen atoms in total. The molecule has 0 aliphatic carbocycles. The van der Waals surface area contributed by atoms with E-state index in [2.05, 4.69) is 9.88 Å². The van der Waals surface area contributed by atoms with E-state index in [-0.39, 0.29) is 0 Å². The molecule has 3 N–H and O–H groups in total. The first-order valence-electron chi connectivity index (χ1n) is 7.49. The molecule has 0 saturated heterocycles. The first-order valence-corrected chi connectivity index (χ1v) is 7.49. The van der Waals surface area contributed by atoms with Crippen molar-refractivity contribution in [2.24, 2.45) is 5.73 Å². The molecule has 1 aliphatic heterocycles. The summed E-state index contributed by atoms with van der Waals surface area (Å²) in [5.74, 6) is -0.465. The number of nitrogens with two attached hydrogens (primary N) is 1. The van der Waals surface area contributed by atoms with Gasteiger partial charge < -0.3 is 10.6 Å². The van der Waals surface area contributed by atoms with Crippen LogP contribution in [0.25, 0.3) is 0 Å². The highest BCUT2D eigenvalue weighted by Crippen LogP contribution is 2.28. The lowest BCUT2D eigenvalue weighted by Crippen LogP contribution is -2.47. The van der Waals surface area contributed by atoms with Crippen LogP contribution in [0.4, 0.5) is 11.4 Å². The lowest BCUT2D eigenvalue weighted by molar-refractivity contribution is -0.125. The first-order chi connectivity index (χ1) is 11.0. The summed E-state index contributed by atoms with van der Waals surface area (Å²) >= 11 is 0. The number of hydrogen-bond acceptors (Lipinski definition) is 5. The Hall–Kier alpha value is -2.44. The predicted molar refractivity (Wildman–Crippen MR) is 88.5 cm³/mol. The maximum Gasteiger partial charge on any atom is 0.267 e. The van der Waals surface area contributed by atoms with E-state index in [4.69, 9.17) is 5.73 Å². The van der Waals surface area contributed by atoms with E-state index in [0.29, 0.717) is 23.7 Å². The molecule has 1 atom stereocenters. The molecule has 6 heteroatoms. The Morgan fingerprint density at radius 3 is 2.87 bits per heavy atom. The number of aryl methyl sites for hydroxylation is 1. The average molecular weight is 312 g/mol. The number of carbonyl (C=O) groups excluding carboxylic acids is 1. The van der Waals surface area contributed by atoms with Crippen LogP contribution >= 0.6 is 0 Å². The van der Waals surface area contributed by atoms with Crippen molar-refractivity contribution >= 4 is 17.3 Å². The van der Waals surface area contributed by atoms with Gasteiger partial charge >= 0.3 is 0 Å². The van der Waals surface area contributed by atoms with Gasteiger partial charge in [-0.1, -0.05) is 12.1 Å². The molecule has 0 fully saturated rings. The Bertz CT molecular complexity index is 730. The molecule has 2 aromatic rings. The second-order valence-electron chi connectivity index (χ2n) is 5.94. The van der Waals surface area contributed by atoms with Crippen molar-refractivity contribution in [3.8, 4) is 0 Å². The molecule has 0 saturated carbocycles. The van der Waals surface area contributed by atoms with E-state index in [0.717, 1.165) is 22.5 Å². The van der Waals surface area contributed by atoms with Gasteiger partial charge in [-0.05, 0) is 42.7 Å². The number of rotatable bonds is 3. The highest BCUT2D eigenvalue weighted by Gasteiger charge is 2.29. The van der Waals surface area contributed by atoms with Crippen LogP contribution in [-0.4, -0.2) is 29.2 Å². The van der Waals surface area contributed by atoms with Gasteiger partial charge in [-0.25, -0.2) is 0 Å². The number of hydrogen-bond donors (Lipinski definition) is 2. The maximum atomic E-state index is 11.7. The monoisotopic (exact) mass is 312 g/mol. The van der Waals surface area contributed by atoms with E-state index in [1.165, 1.54) is 0 Å². The molecule has 1 amide bonds. The quantitative estimate of drug-likeness (QED) is 0.842. The molecule has 23 heavy (non-hydrogen) atoms. The molecule has 1 aromatic heterocycles. The van der Waals surface area contributed by atoms with Crippen LogP contribution < -0.4 is 15.7 Å². The van der Waals surface area contributed by atoms with E-state index in [1.54, 1.807) is 6.07 Å². The molecule has 120 valence electrons. The van der Waals surface area contributed by atoms with Gasteiger partial charge in [0.1, 0.15) is 0 Å². The minimum Gasteiger partial charge on any atom is -0.369 e. The zero-order chi connectivity index (χ0) is 16.6. The van der Waals surface area contributed by atoms with Crippen LogP contribution in [0.1, 0.15) is 16.8 Å². The predicted octanol–water partition coefficient (Wildman–Crippen LogP) is 1.63. The Morgan fingerprint density at radius 2 is 2.17 bits per heavy atom. The van der Waals surface area contributed by atoms with Crippen molar-refractivity contribution < 1.29 is 10.0 Å². The summed E-state index contributed by atoms with van der Waals surface area (Å²) in [4.78, 5) is 18.1. The molecule has 1 aromatic carbocycles. The van der Waals surface area contributed by atoms with Crippen LogP contribution in [0.15, 0.2) is 36.5 Å².